The molecule has 1 aromatic rings. The molecule has 102 valence electrons. The zero-order valence-electron chi connectivity index (χ0n) is 11.0. The Bertz CT molecular complexity index is 512. The number of aryl methyl sites for hydroxylation is 2. The van der Waals surface area contributed by atoms with E-state index in [0.717, 1.165) is 12.8 Å². The van der Waals surface area contributed by atoms with Crippen molar-refractivity contribution in [1.82, 2.24) is 15.5 Å². The summed E-state index contributed by atoms with van der Waals surface area (Å²) >= 11 is 0. The molecule has 1 amide bonds. The Balaban J connectivity index is 2.19. The van der Waals surface area contributed by atoms with Gasteiger partial charge >= 0.3 is 5.97 Å². The Morgan fingerprint density at radius 3 is 2.68 bits per heavy atom. The number of nitrogens with one attached hydrogen (secondary N) is 1. The van der Waals surface area contributed by atoms with E-state index in [1.54, 1.807) is 13.0 Å². The first kappa shape index (κ1) is 13.5. The summed E-state index contributed by atoms with van der Waals surface area (Å²) in [5, 5.41) is 19.6. The van der Waals surface area contributed by atoms with Crippen LogP contribution in [0.3, 0.4) is 0 Å². The Morgan fingerprint density at radius 2 is 2.16 bits per heavy atom. The molecule has 1 aliphatic rings. The van der Waals surface area contributed by atoms with E-state index < -0.39 is 12.0 Å². The van der Waals surface area contributed by atoms with Crippen LogP contribution in [-0.2, 0) is 11.2 Å². The molecule has 1 aromatic heterocycles. The number of carbonyl (C=O) groups is 2. The van der Waals surface area contributed by atoms with Gasteiger partial charge in [0.25, 0.3) is 5.91 Å². The van der Waals surface area contributed by atoms with Crippen LogP contribution in [0.4, 0.5) is 0 Å². The van der Waals surface area contributed by atoms with Crippen LogP contribution < -0.4 is 5.32 Å². The molecule has 1 saturated carbocycles. The Labute approximate surface area is 111 Å². The molecule has 0 spiro atoms. The first-order chi connectivity index (χ1) is 9.02. The van der Waals surface area contributed by atoms with Crippen molar-refractivity contribution in [2.75, 3.05) is 0 Å². The molecule has 1 aliphatic carbocycles. The Morgan fingerprint density at radius 1 is 1.47 bits per heavy atom. The second kappa shape index (κ2) is 5.34. The SMILES string of the molecule is CCc1nnc(C)cc1C(=O)NC(C(=O)O)C1CC1. The fraction of sp³-hybridized carbons (Fsp3) is 0.538. The smallest absolute Gasteiger partial charge is 0.326 e. The predicted molar refractivity (Wildman–Crippen MR) is 67.8 cm³/mol. The van der Waals surface area contributed by atoms with Gasteiger partial charge in [0.2, 0.25) is 0 Å². The topological polar surface area (TPSA) is 92.2 Å². The highest BCUT2D eigenvalue weighted by molar-refractivity contribution is 5.97. The lowest BCUT2D eigenvalue weighted by Crippen LogP contribution is -2.42. The summed E-state index contributed by atoms with van der Waals surface area (Å²) in [6, 6.07) is 0.846. The molecule has 0 saturated heterocycles. The third-order valence-electron chi connectivity index (χ3n) is 3.22. The second-order valence-electron chi connectivity index (χ2n) is 4.83. The van der Waals surface area contributed by atoms with Gasteiger partial charge in [-0.2, -0.15) is 10.2 Å². The van der Waals surface area contributed by atoms with Gasteiger partial charge in [0.1, 0.15) is 6.04 Å². The van der Waals surface area contributed by atoms with E-state index in [0.29, 0.717) is 23.4 Å². The van der Waals surface area contributed by atoms with Crippen LogP contribution in [0.5, 0.6) is 0 Å². The van der Waals surface area contributed by atoms with Gasteiger partial charge in [-0.05, 0) is 38.2 Å². The molecule has 19 heavy (non-hydrogen) atoms. The normalized spacial score (nSPS) is 15.9. The Kier molecular flexibility index (Phi) is 3.78. The first-order valence-corrected chi connectivity index (χ1v) is 6.39. The Hall–Kier alpha value is -1.98. The van der Waals surface area contributed by atoms with Crippen LogP contribution in [0.15, 0.2) is 6.07 Å². The molecule has 6 nitrogen and oxygen atoms in total. The summed E-state index contributed by atoms with van der Waals surface area (Å²) in [7, 11) is 0. The zero-order valence-corrected chi connectivity index (χ0v) is 11.0. The van der Waals surface area contributed by atoms with Crippen molar-refractivity contribution in [3.05, 3.63) is 23.0 Å². The minimum Gasteiger partial charge on any atom is -0.480 e. The summed E-state index contributed by atoms with van der Waals surface area (Å²) in [5.41, 5.74) is 1.64. The molecule has 0 aromatic carbocycles. The second-order valence-corrected chi connectivity index (χ2v) is 4.83. The number of hydrogen-bond donors (Lipinski definition) is 2. The van der Waals surface area contributed by atoms with Crippen LogP contribution in [0.1, 0.15) is 41.5 Å². The largest absolute Gasteiger partial charge is 0.480 e. The molecule has 1 unspecified atom stereocenters. The van der Waals surface area contributed by atoms with E-state index >= 15 is 0 Å². The van der Waals surface area contributed by atoms with Gasteiger partial charge in [-0.3, -0.25) is 4.79 Å². The van der Waals surface area contributed by atoms with E-state index in [4.69, 9.17) is 5.11 Å². The van der Waals surface area contributed by atoms with E-state index in [1.165, 1.54) is 0 Å². The number of hydrogen-bond acceptors (Lipinski definition) is 4. The third kappa shape index (κ3) is 3.07. The van der Waals surface area contributed by atoms with Crippen LogP contribution in [0, 0.1) is 12.8 Å². The highest BCUT2D eigenvalue weighted by atomic mass is 16.4. The van der Waals surface area contributed by atoms with Gasteiger partial charge in [-0.15, -0.1) is 0 Å². The number of nitrogens with zero attached hydrogens (tertiary/aromatic N) is 2. The molecule has 0 bridgehead atoms. The van der Waals surface area contributed by atoms with Crippen molar-refractivity contribution in [2.24, 2.45) is 5.92 Å². The summed E-state index contributed by atoms with van der Waals surface area (Å²) in [6.07, 6.45) is 2.29. The molecular formula is C13H17N3O3. The highest BCUT2D eigenvalue weighted by Crippen LogP contribution is 2.32. The molecule has 1 heterocycles. The van der Waals surface area contributed by atoms with Crippen molar-refractivity contribution < 1.29 is 14.7 Å². The van der Waals surface area contributed by atoms with E-state index in [1.807, 2.05) is 6.92 Å². The number of carboxylic acid groups (broad SMARTS) is 1. The first-order valence-electron chi connectivity index (χ1n) is 6.39. The molecule has 0 radical (unpaired) electrons. The van der Waals surface area contributed by atoms with Gasteiger partial charge < -0.3 is 10.4 Å². The van der Waals surface area contributed by atoms with Crippen molar-refractivity contribution >= 4 is 11.9 Å². The average molecular weight is 263 g/mol. The number of rotatable bonds is 5. The van der Waals surface area contributed by atoms with Gasteiger partial charge in [0, 0.05) is 0 Å². The standard InChI is InChI=1S/C13H17N3O3/c1-3-10-9(6-7(2)15-16-10)12(17)14-11(13(18)19)8-4-5-8/h6,8,11H,3-5H2,1-2H3,(H,14,17)(H,18,19). The minimum absolute atomic E-state index is 0.0578. The summed E-state index contributed by atoms with van der Waals surface area (Å²) in [4.78, 5) is 23.3. The molecule has 0 aliphatic heterocycles. The van der Waals surface area contributed by atoms with Gasteiger partial charge in [-0.25, -0.2) is 4.79 Å². The van der Waals surface area contributed by atoms with Gasteiger partial charge in [-0.1, -0.05) is 6.92 Å². The quantitative estimate of drug-likeness (QED) is 0.824. The molecule has 1 fully saturated rings. The van der Waals surface area contributed by atoms with E-state index in [2.05, 4.69) is 15.5 Å². The maximum Gasteiger partial charge on any atom is 0.326 e. The van der Waals surface area contributed by atoms with E-state index in [-0.39, 0.29) is 11.8 Å². The predicted octanol–water partition coefficient (Wildman–Crippen LogP) is 0.940. The van der Waals surface area contributed by atoms with Crippen molar-refractivity contribution in [3.8, 4) is 0 Å². The third-order valence-corrected chi connectivity index (χ3v) is 3.22. The lowest BCUT2D eigenvalue weighted by atomic mass is 10.1. The monoisotopic (exact) mass is 263 g/mol. The van der Waals surface area contributed by atoms with Crippen molar-refractivity contribution in [1.29, 1.82) is 0 Å². The summed E-state index contributed by atoms with van der Waals surface area (Å²) < 4.78 is 0. The van der Waals surface area contributed by atoms with Gasteiger partial charge in [0.15, 0.2) is 0 Å². The highest BCUT2D eigenvalue weighted by Gasteiger charge is 2.37. The van der Waals surface area contributed by atoms with E-state index in [9.17, 15) is 9.59 Å². The minimum atomic E-state index is -0.979. The molecule has 2 rings (SSSR count). The molecule has 6 heteroatoms. The van der Waals surface area contributed by atoms with Gasteiger partial charge in [0.05, 0.1) is 17.0 Å². The summed E-state index contributed by atoms with van der Waals surface area (Å²) in [5.74, 6) is -1.30. The van der Waals surface area contributed by atoms with Crippen LogP contribution in [0.25, 0.3) is 0 Å². The lowest BCUT2D eigenvalue weighted by Gasteiger charge is -2.14. The number of amides is 1. The van der Waals surface area contributed by atoms with Crippen LogP contribution in [-0.4, -0.2) is 33.2 Å². The number of aromatic nitrogens is 2. The molecule has 1 atom stereocenters. The average Bonchev–Trinajstić information content (AvgIpc) is 3.19. The maximum absolute atomic E-state index is 12.2. The lowest BCUT2D eigenvalue weighted by molar-refractivity contribution is -0.139. The van der Waals surface area contributed by atoms with Crippen molar-refractivity contribution in [3.63, 3.8) is 0 Å². The fourth-order valence-corrected chi connectivity index (χ4v) is 2.00. The zero-order chi connectivity index (χ0) is 14.0. The van der Waals surface area contributed by atoms with Crippen molar-refractivity contribution in [2.45, 2.75) is 39.2 Å². The summed E-state index contributed by atoms with van der Waals surface area (Å²) in [6.45, 7) is 3.63. The fourth-order valence-electron chi connectivity index (χ4n) is 2.00. The molecular weight excluding hydrogens is 246 g/mol. The van der Waals surface area contributed by atoms with Crippen LogP contribution >= 0.6 is 0 Å². The molecule has 2 N–H and O–H groups in total. The number of carboxylic acids is 1. The number of aliphatic carboxylic acids is 1. The van der Waals surface area contributed by atoms with Crippen LogP contribution in [0.2, 0.25) is 0 Å². The number of carbonyl (C=O) groups excluding carboxylic acids is 1. The maximum atomic E-state index is 12.2.